The molecule has 0 aromatic rings. The molecule has 1 fully saturated rings. The number of rotatable bonds is 4. The summed E-state index contributed by atoms with van der Waals surface area (Å²) < 4.78 is 2.66. The van der Waals surface area contributed by atoms with E-state index >= 15 is 0 Å². The van der Waals surface area contributed by atoms with Gasteiger partial charge >= 0.3 is 5.97 Å². The van der Waals surface area contributed by atoms with Gasteiger partial charge in [0, 0.05) is 5.75 Å². The fraction of sp³-hybridized carbons (Fsp3) is 0.889. The minimum Gasteiger partial charge on any atom is -0.481 e. The summed E-state index contributed by atoms with van der Waals surface area (Å²) in [7, 11) is -2.42. The van der Waals surface area contributed by atoms with E-state index < -0.39 is 22.4 Å². The number of hydrogen-bond acceptors (Lipinski definition) is 3. The molecule has 0 atom stereocenters. The molecule has 0 aromatic carbocycles. The molecule has 0 aliphatic carbocycles. The molecule has 0 radical (unpaired) electrons. The van der Waals surface area contributed by atoms with Crippen molar-refractivity contribution in [1.29, 1.82) is 0 Å². The molecule has 15 heavy (non-hydrogen) atoms. The largest absolute Gasteiger partial charge is 0.481 e. The molecule has 0 amide bonds. The first-order valence-electron chi connectivity index (χ1n) is 5.41. The Bertz CT molecular complexity index is 242. The molecule has 1 aliphatic heterocycles. The zero-order chi connectivity index (χ0) is 11.7. The van der Waals surface area contributed by atoms with Crippen molar-refractivity contribution in [1.82, 2.24) is 3.64 Å². The highest BCUT2D eigenvalue weighted by Gasteiger charge is 2.47. The standard InChI is InChI=1S/C9H21NO2SSi2/c1-14(2)7-8-15(3,4)10(14)13-6-5-9(11)12/h5-8H2,1-4H3,(H,11,12). The summed E-state index contributed by atoms with van der Waals surface area (Å²) in [6.45, 7) is 9.62. The third-order valence-corrected chi connectivity index (χ3v) is 16.6. The van der Waals surface area contributed by atoms with Gasteiger partial charge in [-0.05, 0) is 12.1 Å². The first-order valence-corrected chi connectivity index (χ1v) is 12.7. The van der Waals surface area contributed by atoms with Gasteiger partial charge in [-0.15, -0.1) is 0 Å². The third kappa shape index (κ3) is 3.34. The van der Waals surface area contributed by atoms with Gasteiger partial charge < -0.3 is 5.11 Å². The van der Waals surface area contributed by atoms with Crippen LogP contribution in [-0.4, -0.2) is 36.9 Å². The van der Waals surface area contributed by atoms with Crippen LogP contribution in [0.15, 0.2) is 0 Å². The minimum atomic E-state index is -1.21. The van der Waals surface area contributed by atoms with Crippen LogP contribution in [0.3, 0.4) is 0 Å². The lowest BCUT2D eigenvalue weighted by molar-refractivity contribution is -0.136. The van der Waals surface area contributed by atoms with Gasteiger partial charge in [0.15, 0.2) is 0 Å². The quantitative estimate of drug-likeness (QED) is 0.625. The second-order valence-electron chi connectivity index (χ2n) is 5.40. The SMILES string of the molecule is C[Si]1(C)CC[Si](C)(C)N1SCCC(=O)O. The van der Waals surface area contributed by atoms with Crippen molar-refractivity contribution in [3.63, 3.8) is 0 Å². The van der Waals surface area contributed by atoms with Crippen molar-refractivity contribution in [2.75, 3.05) is 5.75 Å². The number of carboxylic acid groups (broad SMARTS) is 1. The third-order valence-electron chi connectivity index (χ3n) is 2.98. The molecule has 88 valence electrons. The highest BCUT2D eigenvalue weighted by Crippen LogP contribution is 2.41. The normalized spacial score (nSPS) is 24.3. The minimum absolute atomic E-state index is 0.288. The molecular weight excluding hydrogens is 242 g/mol. The van der Waals surface area contributed by atoms with E-state index in [0.717, 1.165) is 5.75 Å². The number of hydrogen-bond donors (Lipinski definition) is 1. The van der Waals surface area contributed by atoms with Crippen LogP contribution in [-0.2, 0) is 4.79 Å². The summed E-state index contributed by atoms with van der Waals surface area (Å²) in [6, 6.07) is 2.76. The molecule has 6 heteroatoms. The van der Waals surface area contributed by atoms with E-state index in [1.807, 2.05) is 0 Å². The van der Waals surface area contributed by atoms with Crippen molar-refractivity contribution in [2.45, 2.75) is 44.7 Å². The Balaban J connectivity index is 2.53. The summed E-state index contributed by atoms with van der Waals surface area (Å²) in [4.78, 5) is 10.5. The molecule has 1 heterocycles. The van der Waals surface area contributed by atoms with Crippen molar-refractivity contribution in [2.24, 2.45) is 0 Å². The predicted octanol–water partition coefficient (Wildman–Crippen LogP) is 2.84. The van der Waals surface area contributed by atoms with E-state index in [-0.39, 0.29) is 6.42 Å². The average Bonchev–Trinajstić information content (AvgIpc) is 2.27. The maximum Gasteiger partial charge on any atom is 0.304 e. The Hall–Kier alpha value is 0.214. The van der Waals surface area contributed by atoms with Crippen LogP contribution in [0, 0.1) is 0 Å². The van der Waals surface area contributed by atoms with Crippen molar-refractivity contribution in [3.8, 4) is 0 Å². The summed E-state index contributed by atoms with van der Waals surface area (Å²) in [5.74, 6) is 0.0583. The molecule has 0 aromatic heterocycles. The summed E-state index contributed by atoms with van der Waals surface area (Å²) in [5.41, 5.74) is 0. The van der Waals surface area contributed by atoms with Gasteiger partial charge in [0.1, 0.15) is 16.5 Å². The molecule has 1 aliphatic rings. The van der Waals surface area contributed by atoms with Crippen LogP contribution in [0.1, 0.15) is 6.42 Å². The molecule has 0 bridgehead atoms. The lowest BCUT2D eigenvalue weighted by atomic mass is 10.5. The van der Waals surface area contributed by atoms with E-state index in [0.29, 0.717) is 0 Å². The number of carbonyl (C=O) groups is 1. The zero-order valence-electron chi connectivity index (χ0n) is 10.0. The molecule has 0 saturated carbocycles. The second kappa shape index (κ2) is 4.61. The van der Waals surface area contributed by atoms with Crippen LogP contribution in [0.4, 0.5) is 0 Å². The summed E-state index contributed by atoms with van der Waals surface area (Å²) in [6.07, 6.45) is 0.288. The maximum absolute atomic E-state index is 10.5. The maximum atomic E-state index is 10.5. The molecule has 1 saturated heterocycles. The van der Waals surface area contributed by atoms with Crippen molar-refractivity contribution in [3.05, 3.63) is 0 Å². The van der Waals surface area contributed by atoms with Gasteiger partial charge in [-0.2, -0.15) is 0 Å². The van der Waals surface area contributed by atoms with E-state index in [1.165, 1.54) is 12.1 Å². The molecule has 1 N–H and O–H groups in total. The van der Waals surface area contributed by atoms with Crippen LogP contribution in [0.5, 0.6) is 0 Å². The zero-order valence-corrected chi connectivity index (χ0v) is 12.9. The van der Waals surface area contributed by atoms with Crippen LogP contribution >= 0.6 is 11.9 Å². The molecule has 0 spiro atoms. The monoisotopic (exact) mass is 263 g/mol. The van der Waals surface area contributed by atoms with Gasteiger partial charge in [0.25, 0.3) is 0 Å². The molecule has 3 nitrogen and oxygen atoms in total. The smallest absolute Gasteiger partial charge is 0.304 e. The van der Waals surface area contributed by atoms with Gasteiger partial charge in [0.05, 0.1) is 6.42 Å². The van der Waals surface area contributed by atoms with Gasteiger partial charge in [-0.3, -0.25) is 8.43 Å². The van der Waals surface area contributed by atoms with Gasteiger partial charge in [-0.1, -0.05) is 38.1 Å². The predicted molar refractivity (Wildman–Crippen MR) is 71.1 cm³/mol. The van der Waals surface area contributed by atoms with E-state index in [4.69, 9.17) is 5.11 Å². The first-order chi connectivity index (χ1) is 6.76. The lowest BCUT2D eigenvalue weighted by Gasteiger charge is -2.37. The Morgan fingerprint density at radius 1 is 1.27 bits per heavy atom. The highest BCUT2D eigenvalue weighted by molar-refractivity contribution is 7.99. The van der Waals surface area contributed by atoms with E-state index in [1.54, 1.807) is 11.9 Å². The average molecular weight is 264 g/mol. The molecule has 0 unspecified atom stereocenters. The first kappa shape index (κ1) is 13.3. The van der Waals surface area contributed by atoms with Crippen LogP contribution in [0.25, 0.3) is 0 Å². The Morgan fingerprint density at radius 3 is 2.13 bits per heavy atom. The van der Waals surface area contributed by atoms with Gasteiger partial charge in [0.2, 0.25) is 0 Å². The van der Waals surface area contributed by atoms with Crippen molar-refractivity contribution >= 4 is 34.4 Å². The van der Waals surface area contributed by atoms with Gasteiger partial charge in [-0.25, -0.2) is 0 Å². The summed E-state index contributed by atoms with van der Waals surface area (Å²) in [5, 5.41) is 8.64. The fourth-order valence-electron chi connectivity index (χ4n) is 2.21. The number of aliphatic carboxylic acids is 1. The summed E-state index contributed by atoms with van der Waals surface area (Å²) >= 11 is 1.80. The van der Waals surface area contributed by atoms with Crippen molar-refractivity contribution < 1.29 is 9.90 Å². The fourth-order valence-corrected chi connectivity index (χ4v) is 19.1. The lowest BCUT2D eigenvalue weighted by Crippen LogP contribution is -2.50. The Morgan fingerprint density at radius 2 is 1.73 bits per heavy atom. The topological polar surface area (TPSA) is 40.5 Å². The Labute approximate surface area is 98.5 Å². The second-order valence-corrected chi connectivity index (χ2v) is 16.7. The number of carboxylic acids is 1. The van der Waals surface area contributed by atoms with E-state index in [2.05, 4.69) is 29.8 Å². The Kier molecular flexibility index (Phi) is 4.08. The highest BCUT2D eigenvalue weighted by atomic mass is 32.2. The molecular formula is C9H21NO2SSi2. The van der Waals surface area contributed by atoms with Crippen LogP contribution in [0.2, 0.25) is 38.3 Å². The van der Waals surface area contributed by atoms with Crippen LogP contribution < -0.4 is 0 Å². The van der Waals surface area contributed by atoms with E-state index in [9.17, 15) is 4.79 Å². The number of nitrogens with zero attached hydrogens (tertiary/aromatic N) is 1. The molecule has 1 rings (SSSR count).